The fourth-order valence-corrected chi connectivity index (χ4v) is 2.54. The maximum Gasteiger partial charge on any atom is 0.220 e. The van der Waals surface area contributed by atoms with E-state index in [-0.39, 0.29) is 18.6 Å². The molecule has 0 fully saturated rings. The zero-order valence-electron chi connectivity index (χ0n) is 13.3. The first kappa shape index (κ1) is 16.6. The van der Waals surface area contributed by atoms with Crippen molar-refractivity contribution in [1.82, 2.24) is 5.32 Å². The molecule has 120 valence electrons. The van der Waals surface area contributed by atoms with Gasteiger partial charge in [0.2, 0.25) is 5.91 Å². The van der Waals surface area contributed by atoms with Gasteiger partial charge in [0.1, 0.15) is 5.75 Å². The van der Waals surface area contributed by atoms with Crippen LogP contribution in [0.2, 0.25) is 0 Å². The average molecular weight is 303 g/mol. The predicted molar refractivity (Wildman–Crippen MR) is 86.7 cm³/mol. The first-order valence-corrected chi connectivity index (χ1v) is 7.92. The van der Waals surface area contributed by atoms with E-state index < -0.39 is 6.10 Å². The van der Waals surface area contributed by atoms with Crippen molar-refractivity contribution in [3.63, 3.8) is 0 Å². The number of ether oxygens (including phenoxy) is 1. The van der Waals surface area contributed by atoms with Crippen LogP contribution in [-0.4, -0.2) is 23.7 Å². The van der Waals surface area contributed by atoms with Crippen LogP contribution in [-0.2, 0) is 4.79 Å². The molecule has 4 nitrogen and oxygen atoms in total. The highest BCUT2D eigenvalue weighted by Gasteiger charge is 2.15. The molecule has 0 aromatic heterocycles. The van der Waals surface area contributed by atoms with Crippen molar-refractivity contribution in [2.45, 2.75) is 45.3 Å². The standard InChI is InChI=1S/C18H25NO3/c1-13(2)22-16-9-7-15(8-10-16)17(20)12-19-18(21)11-14-5-3-4-6-14/h3,5,7-10,13-14,17,20H,4,6,11-12H2,1-2H3,(H,19,21)/t14-,17+/m0/s1. The van der Waals surface area contributed by atoms with Crippen molar-refractivity contribution < 1.29 is 14.6 Å². The number of carbonyl (C=O) groups excluding carboxylic acids is 1. The quantitative estimate of drug-likeness (QED) is 0.761. The van der Waals surface area contributed by atoms with Crippen LogP contribution < -0.4 is 10.1 Å². The molecule has 1 aliphatic rings. The van der Waals surface area contributed by atoms with E-state index >= 15 is 0 Å². The molecule has 0 spiro atoms. The number of rotatable bonds is 7. The fourth-order valence-electron chi connectivity index (χ4n) is 2.54. The van der Waals surface area contributed by atoms with Crippen molar-refractivity contribution in [3.8, 4) is 5.75 Å². The van der Waals surface area contributed by atoms with E-state index in [1.54, 1.807) is 0 Å². The van der Waals surface area contributed by atoms with Gasteiger partial charge in [-0.3, -0.25) is 4.79 Å². The van der Waals surface area contributed by atoms with E-state index in [0.717, 1.165) is 24.2 Å². The number of amides is 1. The molecule has 0 aliphatic heterocycles. The van der Waals surface area contributed by atoms with E-state index in [9.17, 15) is 9.90 Å². The van der Waals surface area contributed by atoms with Crippen LogP contribution in [0.4, 0.5) is 0 Å². The summed E-state index contributed by atoms with van der Waals surface area (Å²) in [7, 11) is 0. The zero-order valence-corrected chi connectivity index (χ0v) is 13.3. The third kappa shape index (κ3) is 5.19. The van der Waals surface area contributed by atoms with Gasteiger partial charge >= 0.3 is 0 Å². The van der Waals surface area contributed by atoms with Crippen LogP contribution in [0.3, 0.4) is 0 Å². The Kier molecular flexibility index (Phi) is 6.01. The molecule has 1 aromatic rings. The average Bonchev–Trinajstić information content (AvgIpc) is 2.98. The summed E-state index contributed by atoms with van der Waals surface area (Å²) in [5.41, 5.74) is 0.775. The van der Waals surface area contributed by atoms with Gasteiger partial charge in [0.15, 0.2) is 0 Å². The largest absolute Gasteiger partial charge is 0.491 e. The number of carbonyl (C=O) groups is 1. The van der Waals surface area contributed by atoms with Crippen LogP contribution in [0, 0.1) is 5.92 Å². The van der Waals surface area contributed by atoms with Gasteiger partial charge in [-0.25, -0.2) is 0 Å². The van der Waals surface area contributed by atoms with Crippen LogP contribution >= 0.6 is 0 Å². The van der Waals surface area contributed by atoms with Crippen molar-refractivity contribution in [2.75, 3.05) is 6.54 Å². The second-order valence-corrected chi connectivity index (χ2v) is 6.03. The summed E-state index contributed by atoms with van der Waals surface area (Å²) in [4.78, 5) is 11.8. The molecule has 22 heavy (non-hydrogen) atoms. The fraction of sp³-hybridized carbons (Fsp3) is 0.500. The molecule has 0 heterocycles. The molecular weight excluding hydrogens is 278 g/mol. The molecule has 2 atom stereocenters. The zero-order chi connectivity index (χ0) is 15.9. The number of aliphatic hydroxyl groups excluding tert-OH is 1. The normalized spacial score (nSPS) is 18.5. The maximum absolute atomic E-state index is 11.8. The van der Waals surface area contributed by atoms with Crippen LogP contribution in [0.25, 0.3) is 0 Å². The molecule has 0 unspecified atom stereocenters. The molecular formula is C18H25NO3. The first-order chi connectivity index (χ1) is 10.5. The minimum absolute atomic E-state index is 0.00430. The van der Waals surface area contributed by atoms with E-state index in [0.29, 0.717) is 12.3 Å². The van der Waals surface area contributed by atoms with Gasteiger partial charge in [0, 0.05) is 13.0 Å². The van der Waals surface area contributed by atoms with Crippen molar-refractivity contribution >= 4 is 5.91 Å². The highest BCUT2D eigenvalue weighted by Crippen LogP contribution is 2.21. The van der Waals surface area contributed by atoms with E-state index in [1.807, 2.05) is 38.1 Å². The molecule has 1 aromatic carbocycles. The number of nitrogens with one attached hydrogen (secondary N) is 1. The predicted octanol–water partition coefficient (Wildman–Crippen LogP) is 2.98. The minimum Gasteiger partial charge on any atom is -0.491 e. The van der Waals surface area contributed by atoms with Gasteiger partial charge in [-0.2, -0.15) is 0 Å². The second-order valence-electron chi connectivity index (χ2n) is 6.03. The SMILES string of the molecule is CC(C)Oc1ccc([C@H](O)CNC(=O)C[C@H]2C=CCC2)cc1. The Bertz CT molecular complexity index is 508. The highest BCUT2D eigenvalue weighted by atomic mass is 16.5. The van der Waals surface area contributed by atoms with Gasteiger partial charge in [-0.05, 0) is 50.3 Å². The molecule has 1 amide bonds. The third-order valence-corrected chi connectivity index (χ3v) is 3.69. The number of aliphatic hydroxyl groups is 1. The Balaban J connectivity index is 1.77. The molecule has 4 heteroatoms. The lowest BCUT2D eigenvalue weighted by molar-refractivity contribution is -0.122. The Labute approximate surface area is 132 Å². The molecule has 1 aliphatic carbocycles. The van der Waals surface area contributed by atoms with Gasteiger partial charge in [-0.15, -0.1) is 0 Å². The van der Waals surface area contributed by atoms with Gasteiger partial charge in [0.25, 0.3) is 0 Å². The Hall–Kier alpha value is -1.81. The number of hydrogen-bond acceptors (Lipinski definition) is 3. The Morgan fingerprint density at radius 1 is 1.36 bits per heavy atom. The molecule has 0 bridgehead atoms. The van der Waals surface area contributed by atoms with E-state index in [2.05, 4.69) is 17.5 Å². The van der Waals surface area contributed by atoms with E-state index in [1.165, 1.54) is 0 Å². The number of allylic oxidation sites excluding steroid dienone is 2. The molecule has 0 radical (unpaired) electrons. The number of benzene rings is 1. The summed E-state index contributed by atoms with van der Waals surface area (Å²) in [5.74, 6) is 1.13. The lowest BCUT2D eigenvalue weighted by atomic mass is 10.0. The van der Waals surface area contributed by atoms with Gasteiger partial charge in [-0.1, -0.05) is 24.3 Å². The molecule has 0 saturated heterocycles. The lowest BCUT2D eigenvalue weighted by Gasteiger charge is -2.15. The summed E-state index contributed by atoms with van der Waals surface area (Å²) >= 11 is 0. The van der Waals surface area contributed by atoms with E-state index in [4.69, 9.17) is 4.74 Å². The molecule has 2 N–H and O–H groups in total. The summed E-state index contributed by atoms with van der Waals surface area (Å²) in [6.45, 7) is 4.18. The molecule has 0 saturated carbocycles. The van der Waals surface area contributed by atoms with Gasteiger partial charge in [0.05, 0.1) is 12.2 Å². The summed E-state index contributed by atoms with van der Waals surface area (Å²) in [6.07, 6.45) is 6.26. The first-order valence-electron chi connectivity index (χ1n) is 7.92. The van der Waals surface area contributed by atoms with Crippen molar-refractivity contribution in [1.29, 1.82) is 0 Å². The summed E-state index contributed by atoms with van der Waals surface area (Å²) in [6, 6.07) is 7.33. The lowest BCUT2D eigenvalue weighted by Crippen LogP contribution is -2.29. The van der Waals surface area contributed by atoms with Crippen LogP contribution in [0.15, 0.2) is 36.4 Å². The Morgan fingerprint density at radius 3 is 2.68 bits per heavy atom. The van der Waals surface area contributed by atoms with Crippen LogP contribution in [0.1, 0.15) is 44.8 Å². The maximum atomic E-state index is 11.8. The minimum atomic E-state index is -0.698. The third-order valence-electron chi connectivity index (χ3n) is 3.69. The monoisotopic (exact) mass is 303 g/mol. The summed E-state index contributed by atoms with van der Waals surface area (Å²) < 4.78 is 5.56. The van der Waals surface area contributed by atoms with Gasteiger partial charge < -0.3 is 15.2 Å². The topological polar surface area (TPSA) is 58.6 Å². The highest BCUT2D eigenvalue weighted by molar-refractivity contribution is 5.76. The summed E-state index contributed by atoms with van der Waals surface area (Å²) in [5, 5.41) is 12.9. The van der Waals surface area contributed by atoms with Crippen molar-refractivity contribution in [3.05, 3.63) is 42.0 Å². The van der Waals surface area contributed by atoms with Crippen molar-refractivity contribution in [2.24, 2.45) is 5.92 Å². The number of hydrogen-bond donors (Lipinski definition) is 2. The smallest absolute Gasteiger partial charge is 0.220 e. The second kappa shape index (κ2) is 7.99. The molecule has 2 rings (SSSR count). The Morgan fingerprint density at radius 2 is 2.09 bits per heavy atom. The van der Waals surface area contributed by atoms with Crippen LogP contribution in [0.5, 0.6) is 5.75 Å².